The minimum Gasteiger partial charge on any atom is -0.355 e. The molecule has 2 aromatic heterocycles. The van der Waals surface area contributed by atoms with E-state index in [4.69, 9.17) is 0 Å². The van der Waals surface area contributed by atoms with E-state index in [1.54, 1.807) is 0 Å². The van der Waals surface area contributed by atoms with Crippen LogP contribution >= 0.6 is 0 Å². The number of fused-ring (bicyclic) bond motifs is 7. The van der Waals surface area contributed by atoms with Crippen LogP contribution in [0.4, 0.5) is 5.69 Å². The number of hydrogen-bond donors (Lipinski definition) is 1. The van der Waals surface area contributed by atoms with Gasteiger partial charge in [-0.15, -0.1) is 0 Å². The summed E-state index contributed by atoms with van der Waals surface area (Å²) in [5.41, 5.74) is 9.56. The standard InChI is InChI=1S/C36H27N3/c1-2-25(20-24-23-38(27-12-4-3-5-13-27)33-17-9-6-14-28(24)33)37-26-21-31-29-15-7-10-18-34(29)39-35-19-11-8-16-30(35)32(22-26)36(31)39/h2-23,29,34,37H,1H2/b25-20+. The molecule has 6 aromatic rings. The van der Waals surface area contributed by atoms with Crippen LogP contribution in [0.15, 0.2) is 140 Å². The number of nitrogens with one attached hydrogen (secondary N) is 1. The van der Waals surface area contributed by atoms with Gasteiger partial charge in [0.25, 0.3) is 0 Å². The van der Waals surface area contributed by atoms with Crippen LogP contribution in [0.3, 0.4) is 0 Å². The summed E-state index contributed by atoms with van der Waals surface area (Å²) in [6.07, 6.45) is 15.4. The Labute approximate surface area is 227 Å². The quantitative estimate of drug-likeness (QED) is 0.234. The highest BCUT2D eigenvalue weighted by molar-refractivity contribution is 6.11. The maximum absolute atomic E-state index is 4.16. The maximum atomic E-state index is 4.16. The van der Waals surface area contributed by atoms with E-state index in [2.05, 4.69) is 149 Å². The zero-order chi connectivity index (χ0) is 25.9. The van der Waals surface area contributed by atoms with Gasteiger partial charge in [0.1, 0.15) is 0 Å². The van der Waals surface area contributed by atoms with Crippen molar-refractivity contribution in [1.82, 2.24) is 9.13 Å². The largest absolute Gasteiger partial charge is 0.355 e. The fraction of sp³-hybridized carbons (Fsp3) is 0.0556. The molecule has 0 amide bonds. The molecule has 0 saturated heterocycles. The van der Waals surface area contributed by atoms with Gasteiger partial charge in [-0.3, -0.25) is 0 Å². The Balaban J connectivity index is 1.26. The lowest BCUT2D eigenvalue weighted by atomic mass is 9.89. The van der Waals surface area contributed by atoms with E-state index in [1.165, 1.54) is 38.3 Å². The third-order valence-electron chi connectivity index (χ3n) is 8.19. The van der Waals surface area contributed by atoms with Crippen molar-refractivity contribution in [3.05, 3.63) is 151 Å². The first kappa shape index (κ1) is 22.0. The Morgan fingerprint density at radius 1 is 0.769 bits per heavy atom. The summed E-state index contributed by atoms with van der Waals surface area (Å²) in [5, 5.41) is 7.52. The molecular weight excluding hydrogens is 474 g/mol. The number of allylic oxidation sites excluding steroid dienone is 5. The summed E-state index contributed by atoms with van der Waals surface area (Å²) in [4.78, 5) is 0. The van der Waals surface area contributed by atoms with E-state index in [1.807, 2.05) is 6.08 Å². The van der Waals surface area contributed by atoms with Gasteiger partial charge in [0, 0.05) is 56.4 Å². The van der Waals surface area contributed by atoms with Crippen LogP contribution < -0.4 is 5.32 Å². The molecule has 1 aliphatic carbocycles. The van der Waals surface area contributed by atoms with Gasteiger partial charge in [0.15, 0.2) is 0 Å². The van der Waals surface area contributed by atoms with Crippen LogP contribution in [0.5, 0.6) is 0 Å². The second-order valence-corrected chi connectivity index (χ2v) is 10.4. The van der Waals surface area contributed by atoms with Gasteiger partial charge in [-0.05, 0) is 54.1 Å². The highest BCUT2D eigenvalue weighted by Gasteiger charge is 2.34. The number of nitrogens with zero attached hydrogens (tertiary/aromatic N) is 2. The molecule has 1 N–H and O–H groups in total. The fourth-order valence-corrected chi connectivity index (χ4v) is 6.53. The normalized spacial score (nSPS) is 17.8. The predicted molar refractivity (Wildman–Crippen MR) is 165 cm³/mol. The average molecular weight is 502 g/mol. The first-order chi connectivity index (χ1) is 19.3. The van der Waals surface area contributed by atoms with E-state index in [9.17, 15) is 0 Å². The summed E-state index contributed by atoms with van der Waals surface area (Å²) in [7, 11) is 0. The van der Waals surface area contributed by atoms with Gasteiger partial charge in [-0.2, -0.15) is 0 Å². The highest BCUT2D eigenvalue weighted by Crippen LogP contribution is 2.50. The number of hydrogen-bond acceptors (Lipinski definition) is 1. The molecule has 3 heteroatoms. The van der Waals surface area contributed by atoms with Gasteiger partial charge in [0.05, 0.1) is 17.1 Å². The van der Waals surface area contributed by atoms with E-state index >= 15 is 0 Å². The predicted octanol–water partition coefficient (Wildman–Crippen LogP) is 9.14. The Morgan fingerprint density at radius 2 is 1.51 bits per heavy atom. The molecule has 186 valence electrons. The molecular formula is C36H27N3. The van der Waals surface area contributed by atoms with Crippen LogP contribution in [0.1, 0.15) is 23.1 Å². The van der Waals surface area contributed by atoms with Crippen molar-refractivity contribution in [2.75, 3.05) is 5.32 Å². The average Bonchev–Trinajstić information content (AvgIpc) is 3.64. The molecule has 2 aliphatic rings. The molecule has 8 rings (SSSR count). The van der Waals surface area contributed by atoms with Crippen LogP contribution in [-0.4, -0.2) is 9.13 Å². The minimum atomic E-state index is 0.321. The SMILES string of the molecule is C=C/C(=C\c1cn(-c2ccccc2)c2ccccc12)Nc1cc2c3c(c1)c1ccccc1n3C1C=CC=CC21. The maximum Gasteiger partial charge on any atom is 0.0630 e. The number of benzene rings is 4. The van der Waals surface area contributed by atoms with Crippen molar-refractivity contribution in [2.45, 2.75) is 12.0 Å². The molecule has 39 heavy (non-hydrogen) atoms. The van der Waals surface area contributed by atoms with Gasteiger partial charge >= 0.3 is 0 Å². The monoisotopic (exact) mass is 501 g/mol. The Morgan fingerprint density at radius 3 is 2.36 bits per heavy atom. The number of anilines is 1. The van der Waals surface area contributed by atoms with Crippen molar-refractivity contribution in [1.29, 1.82) is 0 Å². The van der Waals surface area contributed by atoms with E-state index < -0.39 is 0 Å². The van der Waals surface area contributed by atoms with Crippen molar-refractivity contribution >= 4 is 44.5 Å². The zero-order valence-electron chi connectivity index (χ0n) is 21.5. The van der Waals surface area contributed by atoms with Crippen LogP contribution in [-0.2, 0) is 0 Å². The second-order valence-electron chi connectivity index (χ2n) is 10.4. The molecule has 2 unspecified atom stereocenters. The molecule has 0 saturated carbocycles. The first-order valence-electron chi connectivity index (χ1n) is 13.5. The van der Waals surface area contributed by atoms with E-state index in [-0.39, 0.29) is 0 Å². The molecule has 3 nitrogen and oxygen atoms in total. The van der Waals surface area contributed by atoms with Crippen LogP contribution in [0, 0.1) is 0 Å². The molecule has 1 aliphatic heterocycles. The Kier molecular flexibility index (Phi) is 4.80. The Bertz CT molecular complexity index is 2010. The van der Waals surface area contributed by atoms with Crippen molar-refractivity contribution < 1.29 is 0 Å². The van der Waals surface area contributed by atoms with E-state index in [0.29, 0.717) is 12.0 Å². The number of aromatic nitrogens is 2. The highest BCUT2D eigenvalue weighted by atomic mass is 15.1. The molecule has 4 aromatic carbocycles. The summed E-state index contributed by atoms with van der Waals surface area (Å²) in [6, 6.07) is 32.8. The van der Waals surface area contributed by atoms with Crippen LogP contribution in [0.2, 0.25) is 0 Å². The van der Waals surface area contributed by atoms with Gasteiger partial charge in [0.2, 0.25) is 0 Å². The van der Waals surface area contributed by atoms with Crippen LogP contribution in [0.25, 0.3) is 44.5 Å². The van der Waals surface area contributed by atoms with Crippen molar-refractivity contribution in [2.24, 2.45) is 0 Å². The van der Waals surface area contributed by atoms with E-state index in [0.717, 1.165) is 22.6 Å². The van der Waals surface area contributed by atoms with Crippen molar-refractivity contribution in [3.63, 3.8) is 0 Å². The molecule has 0 fully saturated rings. The van der Waals surface area contributed by atoms with Gasteiger partial charge in [-0.25, -0.2) is 0 Å². The molecule has 0 bridgehead atoms. The summed E-state index contributed by atoms with van der Waals surface area (Å²) < 4.78 is 4.78. The topological polar surface area (TPSA) is 21.9 Å². The molecule has 0 radical (unpaired) electrons. The third-order valence-corrected chi connectivity index (χ3v) is 8.19. The minimum absolute atomic E-state index is 0.321. The summed E-state index contributed by atoms with van der Waals surface area (Å²) in [5.74, 6) is 0.346. The summed E-state index contributed by atoms with van der Waals surface area (Å²) in [6.45, 7) is 4.16. The third kappa shape index (κ3) is 3.30. The second kappa shape index (κ2) is 8.50. The van der Waals surface area contributed by atoms with Crippen molar-refractivity contribution in [3.8, 4) is 5.69 Å². The molecule has 3 heterocycles. The first-order valence-corrected chi connectivity index (χ1v) is 13.5. The summed E-state index contributed by atoms with van der Waals surface area (Å²) >= 11 is 0. The molecule has 2 atom stereocenters. The molecule has 0 spiro atoms. The Hall–Kier alpha value is -5.02. The lowest BCUT2D eigenvalue weighted by molar-refractivity contribution is 0.615. The lowest BCUT2D eigenvalue weighted by Gasteiger charge is -2.20. The number of para-hydroxylation sites is 3. The smallest absolute Gasteiger partial charge is 0.0630 e. The number of rotatable bonds is 5. The van der Waals surface area contributed by atoms with Gasteiger partial charge < -0.3 is 14.5 Å². The lowest BCUT2D eigenvalue weighted by Crippen LogP contribution is -2.09. The van der Waals surface area contributed by atoms with Gasteiger partial charge in [-0.1, -0.05) is 85.5 Å². The fourth-order valence-electron chi connectivity index (χ4n) is 6.53. The zero-order valence-corrected chi connectivity index (χ0v) is 21.5.